The van der Waals surface area contributed by atoms with Crippen molar-refractivity contribution in [1.29, 1.82) is 0 Å². The van der Waals surface area contributed by atoms with Crippen LogP contribution in [0.4, 0.5) is 0 Å². The molecule has 2 atom stereocenters. The lowest BCUT2D eigenvalue weighted by Gasteiger charge is -2.50. The van der Waals surface area contributed by atoms with Crippen LogP contribution in [0.5, 0.6) is 5.75 Å². The highest BCUT2D eigenvalue weighted by Crippen LogP contribution is 2.36. The van der Waals surface area contributed by atoms with E-state index < -0.39 is 0 Å². The molecule has 2 aliphatic heterocycles. The van der Waals surface area contributed by atoms with Gasteiger partial charge in [-0.05, 0) is 54.4 Å². The number of carbonyl (C=O) groups excluding carboxylic acids is 2. The van der Waals surface area contributed by atoms with E-state index in [2.05, 4.69) is 61.8 Å². The first-order chi connectivity index (χ1) is 17.5. The van der Waals surface area contributed by atoms with Crippen molar-refractivity contribution in [1.82, 2.24) is 14.7 Å². The molecule has 0 saturated carbocycles. The molecule has 37 heavy (non-hydrogen) atoms. The molecule has 2 heterocycles. The van der Waals surface area contributed by atoms with Crippen LogP contribution in [0.1, 0.15) is 69.7 Å². The van der Waals surface area contributed by atoms with Crippen LogP contribution in [0.2, 0.25) is 0 Å². The van der Waals surface area contributed by atoms with Crippen molar-refractivity contribution in [3.63, 3.8) is 0 Å². The van der Waals surface area contributed by atoms with Gasteiger partial charge in [-0.3, -0.25) is 14.5 Å². The quantitative estimate of drug-likeness (QED) is 0.621. The fraction of sp³-hybridized carbons (Fsp3) is 0.548. The fourth-order valence-electron chi connectivity index (χ4n) is 5.91. The second kappa shape index (κ2) is 11.3. The summed E-state index contributed by atoms with van der Waals surface area (Å²) in [6.45, 7) is 14.2. The molecule has 2 aliphatic rings. The van der Waals surface area contributed by atoms with Gasteiger partial charge in [0.15, 0.2) is 0 Å². The topological polar surface area (TPSA) is 64.1 Å². The molecule has 2 aromatic rings. The molecule has 2 fully saturated rings. The Morgan fingerprint density at radius 2 is 1.49 bits per heavy atom. The normalized spacial score (nSPS) is 20.6. The lowest BCUT2D eigenvalue weighted by Crippen LogP contribution is -2.60. The number of hydrogen-bond donors (Lipinski definition) is 1. The molecular formula is C31H43N3O3. The first-order valence-corrected chi connectivity index (χ1v) is 13.7. The van der Waals surface area contributed by atoms with Gasteiger partial charge < -0.3 is 14.9 Å². The molecule has 0 aromatic heterocycles. The van der Waals surface area contributed by atoms with Crippen LogP contribution in [0.15, 0.2) is 48.5 Å². The maximum absolute atomic E-state index is 13.6. The zero-order valence-corrected chi connectivity index (χ0v) is 23.1. The Morgan fingerprint density at radius 3 is 2.03 bits per heavy atom. The number of rotatable bonds is 5. The molecule has 0 aliphatic carbocycles. The number of nitrogens with zero attached hydrogens (tertiary/aromatic N) is 3. The molecule has 1 unspecified atom stereocenters. The number of amides is 2. The Kier molecular flexibility index (Phi) is 8.27. The molecule has 1 N–H and O–H groups in total. The molecule has 0 bridgehead atoms. The van der Waals surface area contributed by atoms with Gasteiger partial charge in [0.2, 0.25) is 11.8 Å². The number of phenolic OH excluding ortho intramolecular Hbond substituents is 1. The largest absolute Gasteiger partial charge is 0.508 e. The minimum Gasteiger partial charge on any atom is -0.508 e. The van der Waals surface area contributed by atoms with E-state index in [0.29, 0.717) is 18.9 Å². The molecule has 0 radical (unpaired) electrons. The monoisotopic (exact) mass is 505 g/mol. The zero-order valence-electron chi connectivity index (χ0n) is 23.1. The van der Waals surface area contributed by atoms with Crippen LogP contribution in [0.3, 0.4) is 0 Å². The Balaban J connectivity index is 1.53. The molecular weight excluding hydrogens is 462 g/mol. The number of likely N-dealkylation sites (tertiary alicyclic amines) is 1. The van der Waals surface area contributed by atoms with E-state index in [9.17, 15) is 14.7 Å². The van der Waals surface area contributed by atoms with Crippen molar-refractivity contribution < 1.29 is 14.7 Å². The van der Waals surface area contributed by atoms with E-state index in [1.165, 1.54) is 11.1 Å². The van der Waals surface area contributed by atoms with Crippen molar-refractivity contribution in [2.24, 2.45) is 11.3 Å². The smallest absolute Gasteiger partial charge is 0.223 e. The number of carbonyl (C=O) groups is 2. The van der Waals surface area contributed by atoms with E-state index in [-0.39, 0.29) is 35.1 Å². The number of aromatic hydroxyl groups is 1. The third kappa shape index (κ3) is 6.53. The van der Waals surface area contributed by atoms with Crippen LogP contribution in [0, 0.1) is 18.3 Å². The highest BCUT2D eigenvalue weighted by molar-refractivity contribution is 5.77. The predicted octanol–water partition coefficient (Wildman–Crippen LogP) is 5.00. The molecule has 0 spiro atoms. The Labute approximate surface area is 222 Å². The van der Waals surface area contributed by atoms with E-state index >= 15 is 0 Å². The SMILES string of the molecule is CC(=O)N1CCC(CC(=O)N2CCN(C(c3ccc(C)cc3)c3ccc(O)cc3)C[C@@H]2C(C)(C)C)CC1. The number of aryl methyl sites for hydroxylation is 1. The summed E-state index contributed by atoms with van der Waals surface area (Å²) in [4.78, 5) is 31.8. The molecule has 6 heteroatoms. The van der Waals surface area contributed by atoms with Crippen LogP contribution < -0.4 is 0 Å². The average Bonchev–Trinajstić information content (AvgIpc) is 2.86. The molecule has 6 nitrogen and oxygen atoms in total. The van der Waals surface area contributed by atoms with Crippen molar-refractivity contribution in [3.8, 4) is 5.75 Å². The minimum atomic E-state index is -0.0703. The third-order valence-corrected chi connectivity index (χ3v) is 8.22. The first kappa shape index (κ1) is 27.2. The van der Waals surface area contributed by atoms with Gasteiger partial charge in [0.25, 0.3) is 0 Å². The second-order valence-electron chi connectivity index (χ2n) is 12.0. The zero-order chi connectivity index (χ0) is 26.7. The van der Waals surface area contributed by atoms with Gasteiger partial charge in [0.05, 0.1) is 6.04 Å². The molecule has 2 aromatic carbocycles. The lowest BCUT2D eigenvalue weighted by atomic mass is 9.82. The third-order valence-electron chi connectivity index (χ3n) is 8.22. The van der Waals surface area contributed by atoms with Crippen LogP contribution in [-0.2, 0) is 9.59 Å². The first-order valence-electron chi connectivity index (χ1n) is 13.7. The summed E-state index contributed by atoms with van der Waals surface area (Å²) in [7, 11) is 0. The number of piperazine rings is 1. The highest BCUT2D eigenvalue weighted by atomic mass is 16.3. The van der Waals surface area contributed by atoms with E-state index in [0.717, 1.165) is 44.6 Å². The van der Waals surface area contributed by atoms with Crippen molar-refractivity contribution >= 4 is 11.8 Å². The Bertz CT molecular complexity index is 1020. The van der Waals surface area contributed by atoms with Gasteiger partial charge in [-0.1, -0.05) is 62.7 Å². The highest BCUT2D eigenvalue weighted by Gasteiger charge is 2.40. The molecule has 200 valence electrons. The molecule has 2 amide bonds. The molecule has 4 rings (SSSR count). The number of phenols is 1. The van der Waals surface area contributed by atoms with Gasteiger partial charge in [-0.15, -0.1) is 0 Å². The lowest BCUT2D eigenvalue weighted by molar-refractivity contribution is -0.141. The second-order valence-corrected chi connectivity index (χ2v) is 12.0. The number of hydrogen-bond acceptors (Lipinski definition) is 4. The van der Waals surface area contributed by atoms with Gasteiger partial charge >= 0.3 is 0 Å². The van der Waals surface area contributed by atoms with E-state index in [4.69, 9.17) is 0 Å². The van der Waals surface area contributed by atoms with Crippen LogP contribution in [-0.4, -0.2) is 70.4 Å². The van der Waals surface area contributed by atoms with Gasteiger partial charge in [0.1, 0.15) is 5.75 Å². The summed E-state index contributed by atoms with van der Waals surface area (Å²) < 4.78 is 0. The van der Waals surface area contributed by atoms with Crippen LogP contribution in [0.25, 0.3) is 0 Å². The summed E-state index contributed by atoms with van der Waals surface area (Å²) in [5.41, 5.74) is 3.52. The Morgan fingerprint density at radius 1 is 0.919 bits per heavy atom. The summed E-state index contributed by atoms with van der Waals surface area (Å²) in [6, 6.07) is 16.4. The maximum Gasteiger partial charge on any atom is 0.223 e. The minimum absolute atomic E-state index is 0.0548. The van der Waals surface area contributed by atoms with E-state index in [1.54, 1.807) is 19.1 Å². The van der Waals surface area contributed by atoms with Gasteiger partial charge in [-0.25, -0.2) is 0 Å². The summed E-state index contributed by atoms with van der Waals surface area (Å²) in [6.07, 6.45) is 2.38. The van der Waals surface area contributed by atoms with Crippen molar-refractivity contribution in [2.45, 2.75) is 66.0 Å². The number of benzene rings is 2. The van der Waals surface area contributed by atoms with Gasteiger partial charge in [-0.2, -0.15) is 0 Å². The van der Waals surface area contributed by atoms with Gasteiger partial charge in [0, 0.05) is 52.1 Å². The standard InChI is InChI=1S/C31H43N3O3/c1-22-6-8-25(9-7-22)30(26-10-12-27(36)13-11-26)33-18-19-34(28(21-33)31(3,4)5)29(37)20-24-14-16-32(17-15-24)23(2)35/h6-13,24,28,30,36H,14-21H2,1-5H3/t28-,30?/m1/s1. The van der Waals surface area contributed by atoms with Crippen molar-refractivity contribution in [2.75, 3.05) is 32.7 Å². The predicted molar refractivity (Wildman–Crippen MR) is 147 cm³/mol. The van der Waals surface area contributed by atoms with Crippen molar-refractivity contribution in [3.05, 3.63) is 65.2 Å². The van der Waals surface area contributed by atoms with Crippen LogP contribution >= 0.6 is 0 Å². The summed E-state index contributed by atoms with van der Waals surface area (Å²) in [5, 5.41) is 9.90. The van der Waals surface area contributed by atoms with E-state index in [1.807, 2.05) is 17.0 Å². The maximum atomic E-state index is 13.6. The average molecular weight is 506 g/mol. The summed E-state index contributed by atoms with van der Waals surface area (Å²) >= 11 is 0. The fourth-order valence-corrected chi connectivity index (χ4v) is 5.91. The molecule has 2 saturated heterocycles. The summed E-state index contributed by atoms with van der Waals surface area (Å²) in [5.74, 6) is 0.991. The Hall–Kier alpha value is -2.86. The number of piperidine rings is 1.